The molecule has 1 aliphatic heterocycles. The summed E-state index contributed by atoms with van der Waals surface area (Å²) >= 11 is 0. The first-order valence-corrected chi connectivity index (χ1v) is 7.39. The van der Waals surface area contributed by atoms with Gasteiger partial charge in [0.2, 0.25) is 5.91 Å². The number of nitrogens with one attached hydrogen (secondary N) is 2. The molecule has 2 rings (SSSR count). The van der Waals surface area contributed by atoms with Crippen LogP contribution in [0.4, 0.5) is 17.6 Å². The number of alkyl halides is 3. The lowest BCUT2D eigenvalue weighted by atomic mass is 10.1. The lowest BCUT2D eigenvalue weighted by Gasteiger charge is -2.35. The Bertz CT molecular complexity index is 512. The molecule has 0 bridgehead atoms. The van der Waals surface area contributed by atoms with E-state index < -0.39 is 30.5 Å². The molecule has 0 aromatic heterocycles. The van der Waals surface area contributed by atoms with Crippen LogP contribution in [0.5, 0.6) is 0 Å². The maximum atomic E-state index is 13.2. The van der Waals surface area contributed by atoms with Crippen molar-refractivity contribution in [3.05, 3.63) is 35.6 Å². The third kappa shape index (κ3) is 5.47. The highest BCUT2D eigenvalue weighted by Gasteiger charge is 2.43. The van der Waals surface area contributed by atoms with E-state index in [2.05, 4.69) is 10.6 Å². The minimum Gasteiger partial charge on any atom is -0.354 e. The van der Waals surface area contributed by atoms with Gasteiger partial charge in [-0.3, -0.25) is 9.69 Å². The number of hydrogen-bond donors (Lipinski definition) is 2. The van der Waals surface area contributed by atoms with Crippen LogP contribution < -0.4 is 10.6 Å². The monoisotopic (exact) mass is 333 g/mol. The van der Waals surface area contributed by atoms with E-state index in [1.54, 1.807) is 0 Å². The van der Waals surface area contributed by atoms with Crippen LogP contribution in [0.25, 0.3) is 0 Å². The summed E-state index contributed by atoms with van der Waals surface area (Å²) in [6.45, 7) is 1.09. The number of piperazine rings is 1. The fourth-order valence-corrected chi connectivity index (χ4v) is 2.51. The summed E-state index contributed by atoms with van der Waals surface area (Å²) in [5.74, 6) is -0.939. The number of rotatable bonds is 5. The molecule has 4 nitrogen and oxygen atoms in total. The van der Waals surface area contributed by atoms with E-state index >= 15 is 0 Å². The second-order valence-electron chi connectivity index (χ2n) is 5.45. The third-order valence-electron chi connectivity index (χ3n) is 3.74. The Labute approximate surface area is 131 Å². The summed E-state index contributed by atoms with van der Waals surface area (Å²) in [5, 5.41) is 5.33. The lowest BCUT2D eigenvalue weighted by Crippen LogP contribution is -2.57. The molecule has 128 valence electrons. The number of carbonyl (C=O) groups is 1. The Hall–Kier alpha value is -1.67. The van der Waals surface area contributed by atoms with Crippen molar-refractivity contribution in [3.8, 4) is 0 Å². The average Bonchev–Trinajstić information content (AvgIpc) is 2.49. The molecule has 1 fully saturated rings. The van der Waals surface area contributed by atoms with Crippen LogP contribution in [0.3, 0.4) is 0 Å². The molecule has 1 unspecified atom stereocenters. The maximum absolute atomic E-state index is 13.2. The number of carbonyl (C=O) groups excluding carboxylic acids is 1. The number of benzene rings is 1. The molecule has 2 N–H and O–H groups in total. The Morgan fingerprint density at radius 3 is 2.39 bits per heavy atom. The molecular formula is C15H19F4N3O. The van der Waals surface area contributed by atoms with Crippen LogP contribution in [0.15, 0.2) is 24.3 Å². The van der Waals surface area contributed by atoms with Crippen molar-refractivity contribution in [2.24, 2.45) is 0 Å². The van der Waals surface area contributed by atoms with Gasteiger partial charge in [-0.1, -0.05) is 12.1 Å². The quantitative estimate of drug-likeness (QED) is 0.799. The van der Waals surface area contributed by atoms with Gasteiger partial charge in [-0.2, -0.15) is 13.2 Å². The molecule has 0 radical (unpaired) electrons. The first-order valence-electron chi connectivity index (χ1n) is 7.39. The molecule has 1 heterocycles. The SMILES string of the molecule is O=C(Cc1ccc(F)cc1)NCC(N1CCNCC1)C(F)(F)F. The Balaban J connectivity index is 1.89. The van der Waals surface area contributed by atoms with Gasteiger partial charge in [-0.05, 0) is 17.7 Å². The Morgan fingerprint density at radius 2 is 1.83 bits per heavy atom. The molecule has 0 saturated carbocycles. The van der Waals surface area contributed by atoms with Crippen LogP contribution in [0, 0.1) is 5.82 Å². The second-order valence-corrected chi connectivity index (χ2v) is 5.45. The van der Waals surface area contributed by atoms with Gasteiger partial charge in [0.15, 0.2) is 0 Å². The van der Waals surface area contributed by atoms with E-state index in [4.69, 9.17) is 0 Å². The summed E-state index contributed by atoms with van der Waals surface area (Å²) in [6, 6.07) is 3.60. The van der Waals surface area contributed by atoms with Crippen molar-refractivity contribution >= 4 is 5.91 Å². The zero-order chi connectivity index (χ0) is 16.9. The van der Waals surface area contributed by atoms with Crippen LogP contribution in [0.2, 0.25) is 0 Å². The first kappa shape index (κ1) is 17.7. The molecule has 1 aromatic rings. The van der Waals surface area contributed by atoms with Crippen molar-refractivity contribution < 1.29 is 22.4 Å². The zero-order valence-electron chi connectivity index (χ0n) is 12.5. The molecule has 0 aliphatic carbocycles. The van der Waals surface area contributed by atoms with Gasteiger partial charge in [0.05, 0.1) is 6.42 Å². The fraction of sp³-hybridized carbons (Fsp3) is 0.533. The number of amides is 1. The summed E-state index contributed by atoms with van der Waals surface area (Å²) < 4.78 is 52.3. The third-order valence-corrected chi connectivity index (χ3v) is 3.74. The van der Waals surface area contributed by atoms with Gasteiger partial charge < -0.3 is 10.6 Å². The highest BCUT2D eigenvalue weighted by atomic mass is 19.4. The highest BCUT2D eigenvalue weighted by molar-refractivity contribution is 5.78. The summed E-state index contributed by atoms with van der Waals surface area (Å²) in [4.78, 5) is 13.1. The smallest absolute Gasteiger partial charge is 0.354 e. The van der Waals surface area contributed by atoms with Gasteiger partial charge in [0, 0.05) is 32.7 Å². The largest absolute Gasteiger partial charge is 0.405 e. The fourth-order valence-electron chi connectivity index (χ4n) is 2.51. The molecule has 1 aromatic carbocycles. The Kier molecular flexibility index (Phi) is 5.95. The zero-order valence-corrected chi connectivity index (χ0v) is 12.5. The summed E-state index contributed by atoms with van der Waals surface area (Å²) in [5.41, 5.74) is 0.551. The van der Waals surface area contributed by atoms with Crippen molar-refractivity contribution in [2.45, 2.75) is 18.6 Å². The Morgan fingerprint density at radius 1 is 1.22 bits per heavy atom. The van der Waals surface area contributed by atoms with Crippen LogP contribution in [0.1, 0.15) is 5.56 Å². The number of halogens is 4. The predicted molar refractivity (Wildman–Crippen MR) is 77.4 cm³/mol. The van der Waals surface area contributed by atoms with Gasteiger partial charge in [-0.15, -0.1) is 0 Å². The predicted octanol–water partition coefficient (Wildman–Crippen LogP) is 1.32. The molecule has 23 heavy (non-hydrogen) atoms. The van der Waals surface area contributed by atoms with E-state index in [0.717, 1.165) is 0 Å². The highest BCUT2D eigenvalue weighted by Crippen LogP contribution is 2.24. The number of nitrogens with zero attached hydrogens (tertiary/aromatic N) is 1. The van der Waals surface area contributed by atoms with E-state index in [0.29, 0.717) is 18.7 Å². The van der Waals surface area contributed by atoms with Crippen molar-refractivity contribution in [2.75, 3.05) is 32.7 Å². The van der Waals surface area contributed by atoms with E-state index in [-0.39, 0.29) is 19.5 Å². The van der Waals surface area contributed by atoms with E-state index in [1.165, 1.54) is 29.2 Å². The molecule has 1 saturated heterocycles. The van der Waals surface area contributed by atoms with Crippen molar-refractivity contribution in [1.29, 1.82) is 0 Å². The minimum absolute atomic E-state index is 0.0770. The maximum Gasteiger partial charge on any atom is 0.405 e. The second kappa shape index (κ2) is 7.74. The first-order chi connectivity index (χ1) is 10.9. The van der Waals surface area contributed by atoms with Gasteiger partial charge in [-0.25, -0.2) is 4.39 Å². The van der Waals surface area contributed by atoms with Gasteiger partial charge in [0.25, 0.3) is 0 Å². The topological polar surface area (TPSA) is 44.4 Å². The van der Waals surface area contributed by atoms with Crippen molar-refractivity contribution in [1.82, 2.24) is 15.5 Å². The molecule has 1 aliphatic rings. The molecule has 0 spiro atoms. The van der Waals surface area contributed by atoms with Crippen LogP contribution in [-0.2, 0) is 11.2 Å². The summed E-state index contributed by atoms with van der Waals surface area (Å²) in [6.07, 6.45) is -4.48. The summed E-state index contributed by atoms with van der Waals surface area (Å²) in [7, 11) is 0. The number of hydrogen-bond acceptors (Lipinski definition) is 3. The normalized spacial score (nSPS) is 17.7. The van der Waals surface area contributed by atoms with Crippen LogP contribution in [-0.4, -0.2) is 55.7 Å². The van der Waals surface area contributed by atoms with Gasteiger partial charge in [0.1, 0.15) is 11.9 Å². The van der Waals surface area contributed by atoms with Crippen LogP contribution >= 0.6 is 0 Å². The van der Waals surface area contributed by atoms with E-state index in [9.17, 15) is 22.4 Å². The lowest BCUT2D eigenvalue weighted by molar-refractivity contribution is -0.184. The molecular weight excluding hydrogens is 314 g/mol. The average molecular weight is 333 g/mol. The van der Waals surface area contributed by atoms with Gasteiger partial charge >= 0.3 is 6.18 Å². The van der Waals surface area contributed by atoms with Crippen molar-refractivity contribution in [3.63, 3.8) is 0 Å². The molecule has 1 atom stereocenters. The van der Waals surface area contributed by atoms with E-state index in [1.807, 2.05) is 0 Å². The molecule has 1 amide bonds. The standard InChI is InChI=1S/C15H19F4N3O/c16-12-3-1-11(2-4-12)9-14(23)21-10-13(15(17,18)19)22-7-5-20-6-8-22/h1-4,13,20H,5-10H2,(H,21,23). The minimum atomic E-state index is -4.40. The molecule has 8 heteroatoms.